The fourth-order valence-electron chi connectivity index (χ4n) is 3.35. The molecule has 126 valence electrons. The van der Waals surface area contributed by atoms with Crippen LogP contribution in [0.25, 0.3) is 10.9 Å². The summed E-state index contributed by atoms with van der Waals surface area (Å²) in [5.41, 5.74) is 3.54. The van der Waals surface area contributed by atoms with Crippen molar-refractivity contribution in [2.75, 3.05) is 0 Å². The molecule has 4 nitrogen and oxygen atoms in total. The average molecular weight is 339 g/mol. The number of hydrogen-bond acceptors (Lipinski definition) is 3. The van der Waals surface area contributed by atoms with Gasteiger partial charge in [-0.3, -0.25) is 14.3 Å². The van der Waals surface area contributed by atoms with Crippen LogP contribution in [-0.4, -0.2) is 22.4 Å². The van der Waals surface area contributed by atoms with Gasteiger partial charge in [-0.05, 0) is 30.7 Å². The molecule has 2 aromatic heterocycles. The van der Waals surface area contributed by atoms with Gasteiger partial charge in [-0.1, -0.05) is 54.0 Å². The van der Waals surface area contributed by atoms with Gasteiger partial charge in [0, 0.05) is 6.20 Å². The molecule has 1 atom stereocenters. The average Bonchev–Trinajstić information content (AvgIpc) is 2.67. The van der Waals surface area contributed by atoms with Crippen LogP contribution in [0.15, 0.2) is 77.7 Å². The van der Waals surface area contributed by atoms with E-state index in [9.17, 15) is 4.79 Å². The Kier molecular flexibility index (Phi) is 4.13. The number of pyridine rings is 1. The molecular formula is C21H18BN3O. The second kappa shape index (κ2) is 6.60. The van der Waals surface area contributed by atoms with Gasteiger partial charge in [0.25, 0.3) is 5.56 Å². The maximum absolute atomic E-state index is 13.4. The summed E-state index contributed by atoms with van der Waals surface area (Å²) in [7, 11) is 1.98. The summed E-state index contributed by atoms with van der Waals surface area (Å²) in [6.45, 7) is 1.87. The van der Waals surface area contributed by atoms with E-state index in [1.165, 1.54) is 0 Å². The maximum Gasteiger partial charge on any atom is 0.262 e. The van der Waals surface area contributed by atoms with Gasteiger partial charge < -0.3 is 0 Å². The van der Waals surface area contributed by atoms with Gasteiger partial charge in [0.2, 0.25) is 0 Å². The van der Waals surface area contributed by atoms with Crippen LogP contribution in [-0.2, 0) is 0 Å². The number of fused-ring (bicyclic) bond motifs is 1. The first-order chi connectivity index (χ1) is 12.6. The summed E-state index contributed by atoms with van der Waals surface area (Å²) in [5.74, 6) is 0.672. The molecule has 0 aliphatic carbocycles. The van der Waals surface area contributed by atoms with Crippen molar-refractivity contribution in [1.29, 1.82) is 0 Å². The minimum atomic E-state index is -0.317. The minimum absolute atomic E-state index is 0.0456. The molecule has 0 amide bonds. The Hall–Kier alpha value is -3.21. The predicted molar refractivity (Wildman–Crippen MR) is 107 cm³/mol. The molecule has 0 N–H and O–H groups in total. The van der Waals surface area contributed by atoms with Crippen LogP contribution < -0.4 is 11.0 Å². The highest BCUT2D eigenvalue weighted by Crippen LogP contribution is 2.25. The number of aromatic nitrogens is 3. The van der Waals surface area contributed by atoms with Crippen LogP contribution in [0.3, 0.4) is 0 Å². The van der Waals surface area contributed by atoms with E-state index in [1.807, 2.05) is 81.5 Å². The van der Waals surface area contributed by atoms with E-state index in [0.29, 0.717) is 11.2 Å². The lowest BCUT2D eigenvalue weighted by Gasteiger charge is -2.22. The van der Waals surface area contributed by atoms with Crippen LogP contribution in [0.5, 0.6) is 0 Å². The van der Waals surface area contributed by atoms with E-state index in [4.69, 9.17) is 0 Å². The van der Waals surface area contributed by atoms with E-state index in [0.717, 1.165) is 22.2 Å². The Bertz CT molecular complexity index is 1090. The number of benzene rings is 2. The Morgan fingerprint density at radius 2 is 1.77 bits per heavy atom. The van der Waals surface area contributed by atoms with Gasteiger partial charge in [0.05, 0.1) is 16.6 Å². The molecule has 0 saturated carbocycles. The lowest BCUT2D eigenvalue weighted by atomic mass is 9.95. The van der Waals surface area contributed by atoms with Crippen molar-refractivity contribution in [1.82, 2.24) is 14.5 Å². The van der Waals surface area contributed by atoms with Crippen molar-refractivity contribution in [2.45, 2.75) is 13.0 Å². The van der Waals surface area contributed by atoms with E-state index in [-0.39, 0.29) is 11.6 Å². The molecule has 0 aliphatic heterocycles. The van der Waals surface area contributed by atoms with Crippen molar-refractivity contribution < 1.29 is 0 Å². The maximum atomic E-state index is 13.4. The highest BCUT2D eigenvalue weighted by molar-refractivity contribution is 6.33. The molecular weight excluding hydrogens is 321 g/mol. The van der Waals surface area contributed by atoms with Crippen LogP contribution >= 0.6 is 0 Å². The Morgan fingerprint density at radius 3 is 2.50 bits per heavy atom. The van der Waals surface area contributed by atoms with Gasteiger partial charge in [-0.15, -0.1) is 0 Å². The molecule has 5 heteroatoms. The summed E-state index contributed by atoms with van der Waals surface area (Å²) >= 11 is 0. The van der Waals surface area contributed by atoms with Crippen LogP contribution in [0.2, 0.25) is 0 Å². The molecule has 0 aliphatic rings. The molecule has 0 radical (unpaired) electrons. The first kappa shape index (κ1) is 16.3. The van der Waals surface area contributed by atoms with Gasteiger partial charge in [0.1, 0.15) is 19.7 Å². The lowest BCUT2D eigenvalue weighted by molar-refractivity contribution is 0.605. The third-order valence-corrected chi connectivity index (χ3v) is 4.57. The zero-order valence-corrected chi connectivity index (χ0v) is 14.8. The molecule has 0 saturated heterocycles. The zero-order chi connectivity index (χ0) is 18.1. The van der Waals surface area contributed by atoms with Crippen molar-refractivity contribution in [3.63, 3.8) is 0 Å². The minimum Gasteiger partial charge on any atom is -0.283 e. The van der Waals surface area contributed by atoms with Crippen LogP contribution in [0, 0.1) is 6.92 Å². The van der Waals surface area contributed by atoms with E-state index < -0.39 is 0 Å². The summed E-state index contributed by atoms with van der Waals surface area (Å²) in [4.78, 5) is 22.6. The summed E-state index contributed by atoms with van der Waals surface area (Å²) in [6.07, 6.45) is 1.75. The second-order valence-corrected chi connectivity index (χ2v) is 6.42. The van der Waals surface area contributed by atoms with Gasteiger partial charge in [-0.2, -0.15) is 0 Å². The zero-order valence-electron chi connectivity index (χ0n) is 14.8. The highest BCUT2D eigenvalue weighted by atomic mass is 16.1. The van der Waals surface area contributed by atoms with Crippen molar-refractivity contribution in [3.8, 4) is 0 Å². The number of aryl methyl sites for hydroxylation is 1. The van der Waals surface area contributed by atoms with E-state index >= 15 is 0 Å². The number of nitrogens with zero attached hydrogens (tertiary/aromatic N) is 3. The van der Waals surface area contributed by atoms with Crippen molar-refractivity contribution in [2.24, 2.45) is 0 Å². The molecule has 4 rings (SSSR count). The van der Waals surface area contributed by atoms with Gasteiger partial charge in [-0.25, -0.2) is 4.98 Å². The second-order valence-electron chi connectivity index (χ2n) is 6.42. The molecule has 2 heterocycles. The molecule has 2 aromatic carbocycles. The Labute approximate surface area is 152 Å². The summed E-state index contributed by atoms with van der Waals surface area (Å²) in [5, 5.41) is 0.632. The first-order valence-electron chi connectivity index (χ1n) is 8.60. The molecule has 1 unspecified atom stereocenters. The summed E-state index contributed by atoms with van der Waals surface area (Å²) in [6, 6.07) is 21.2. The van der Waals surface area contributed by atoms with Crippen LogP contribution in [0.4, 0.5) is 0 Å². The largest absolute Gasteiger partial charge is 0.283 e. The normalized spacial score (nSPS) is 12.2. The number of hydrogen-bond donors (Lipinski definition) is 0. The van der Waals surface area contributed by atoms with Crippen molar-refractivity contribution in [3.05, 3.63) is 100 Å². The fraction of sp³-hybridized carbons (Fsp3) is 0.0952. The third-order valence-electron chi connectivity index (χ3n) is 4.57. The van der Waals surface area contributed by atoms with Crippen LogP contribution in [0.1, 0.15) is 23.1 Å². The smallest absolute Gasteiger partial charge is 0.262 e. The van der Waals surface area contributed by atoms with E-state index in [2.05, 4.69) is 9.97 Å². The van der Waals surface area contributed by atoms with E-state index in [1.54, 1.807) is 10.8 Å². The van der Waals surface area contributed by atoms with Gasteiger partial charge >= 0.3 is 0 Å². The monoisotopic (exact) mass is 339 g/mol. The predicted octanol–water partition coefficient (Wildman–Crippen LogP) is 2.00. The van der Waals surface area contributed by atoms with Crippen molar-refractivity contribution >= 4 is 24.2 Å². The number of rotatable bonds is 3. The van der Waals surface area contributed by atoms with Gasteiger partial charge in [0.15, 0.2) is 0 Å². The topological polar surface area (TPSA) is 47.8 Å². The molecule has 0 bridgehead atoms. The molecule has 0 fully saturated rings. The Balaban J connectivity index is 2.05. The Morgan fingerprint density at radius 1 is 1.00 bits per heavy atom. The standard InChI is InChI=1S/C21H18BN3O/c1-14-24-18-11-10-16(22)13-17(18)21(26)25(14)20(15-7-3-2-4-8-15)19-9-5-6-12-23-19/h2-13,20H,22H2,1H3. The fourth-order valence-corrected chi connectivity index (χ4v) is 3.35. The summed E-state index contributed by atoms with van der Waals surface area (Å²) < 4.78 is 1.75. The molecule has 0 spiro atoms. The SMILES string of the molecule is Bc1ccc2nc(C)n(C(c3ccccc3)c3ccccn3)c(=O)c2c1. The molecule has 26 heavy (non-hydrogen) atoms. The lowest BCUT2D eigenvalue weighted by Crippen LogP contribution is -2.30. The third kappa shape index (κ3) is 2.82. The quantitative estimate of drug-likeness (QED) is 0.537. The first-order valence-corrected chi connectivity index (χ1v) is 8.60. The highest BCUT2D eigenvalue weighted by Gasteiger charge is 2.22. The molecule has 4 aromatic rings.